The number of nitrogens with zero attached hydrogens (tertiary/aromatic N) is 2. The first kappa shape index (κ1) is 12.5. The van der Waals surface area contributed by atoms with E-state index < -0.39 is 0 Å². The lowest BCUT2D eigenvalue weighted by Crippen LogP contribution is -2.12. The number of halogens is 1. The molecule has 17 heavy (non-hydrogen) atoms. The van der Waals surface area contributed by atoms with Crippen molar-refractivity contribution in [3.63, 3.8) is 0 Å². The zero-order chi connectivity index (χ0) is 12.3. The maximum atomic E-state index is 11.1. The van der Waals surface area contributed by atoms with Crippen LogP contribution in [0.3, 0.4) is 0 Å². The van der Waals surface area contributed by atoms with Crippen molar-refractivity contribution in [2.45, 2.75) is 0 Å². The van der Waals surface area contributed by atoms with E-state index in [1.807, 2.05) is 24.3 Å². The van der Waals surface area contributed by atoms with Crippen molar-refractivity contribution in [1.82, 2.24) is 10.2 Å². The number of carbonyl (C=O) groups excluding carboxylic acids is 1. The molecular formula is C10H8BrN3OS2. The van der Waals surface area contributed by atoms with Crippen molar-refractivity contribution >= 4 is 50.9 Å². The van der Waals surface area contributed by atoms with E-state index in [4.69, 9.17) is 0 Å². The van der Waals surface area contributed by atoms with Crippen LogP contribution >= 0.6 is 39.9 Å². The van der Waals surface area contributed by atoms with E-state index in [2.05, 4.69) is 44.1 Å². The minimum atomic E-state index is -0.188. The van der Waals surface area contributed by atoms with Gasteiger partial charge in [-0.15, -0.1) is 10.2 Å². The van der Waals surface area contributed by atoms with E-state index in [9.17, 15) is 4.79 Å². The Morgan fingerprint density at radius 2 is 2.06 bits per heavy atom. The van der Waals surface area contributed by atoms with E-state index >= 15 is 0 Å². The second kappa shape index (κ2) is 5.61. The SMILES string of the molecule is O=C(CS)Nc1nnc(-c2ccc(Br)cc2)s1. The predicted octanol–water partition coefficient (Wildman–Crippen LogP) is 2.84. The number of nitrogens with one attached hydrogen (secondary N) is 1. The molecule has 0 aliphatic heterocycles. The zero-order valence-corrected chi connectivity index (χ0v) is 11.8. The van der Waals surface area contributed by atoms with Crippen LogP contribution in [0.2, 0.25) is 0 Å². The number of benzene rings is 1. The Bertz CT molecular complexity index is 527. The van der Waals surface area contributed by atoms with Gasteiger partial charge in [0.15, 0.2) is 0 Å². The van der Waals surface area contributed by atoms with Crippen LogP contribution < -0.4 is 5.32 Å². The Morgan fingerprint density at radius 3 is 2.71 bits per heavy atom. The molecule has 1 aromatic carbocycles. The number of amides is 1. The van der Waals surface area contributed by atoms with Gasteiger partial charge in [0.1, 0.15) is 5.01 Å². The Morgan fingerprint density at radius 1 is 1.35 bits per heavy atom. The highest BCUT2D eigenvalue weighted by Crippen LogP contribution is 2.27. The number of aromatic nitrogens is 2. The third-order valence-electron chi connectivity index (χ3n) is 1.91. The molecule has 88 valence electrons. The molecular weight excluding hydrogens is 322 g/mol. The van der Waals surface area contributed by atoms with Crippen molar-refractivity contribution in [1.29, 1.82) is 0 Å². The lowest BCUT2D eigenvalue weighted by molar-refractivity contribution is -0.113. The minimum absolute atomic E-state index is 0.132. The third-order valence-corrected chi connectivity index (χ3v) is 3.61. The number of hydrogen-bond donors (Lipinski definition) is 2. The average Bonchev–Trinajstić information content (AvgIpc) is 2.78. The second-order valence-corrected chi connectivity index (χ2v) is 5.33. The molecule has 0 unspecified atom stereocenters. The normalized spacial score (nSPS) is 10.2. The fourth-order valence-electron chi connectivity index (χ4n) is 1.14. The first-order chi connectivity index (χ1) is 8.19. The zero-order valence-electron chi connectivity index (χ0n) is 8.55. The van der Waals surface area contributed by atoms with Crippen LogP contribution in [0.1, 0.15) is 0 Å². The second-order valence-electron chi connectivity index (χ2n) is 3.13. The summed E-state index contributed by atoms with van der Waals surface area (Å²) in [6.07, 6.45) is 0. The highest BCUT2D eigenvalue weighted by Gasteiger charge is 2.08. The van der Waals surface area contributed by atoms with Gasteiger partial charge < -0.3 is 0 Å². The topological polar surface area (TPSA) is 54.9 Å². The molecule has 0 aliphatic rings. The van der Waals surface area contributed by atoms with Crippen molar-refractivity contribution in [2.24, 2.45) is 0 Å². The summed E-state index contributed by atoms with van der Waals surface area (Å²) in [5, 5.41) is 11.8. The van der Waals surface area contributed by atoms with Gasteiger partial charge in [-0.3, -0.25) is 10.1 Å². The molecule has 7 heteroatoms. The lowest BCUT2D eigenvalue weighted by atomic mass is 10.2. The summed E-state index contributed by atoms with van der Waals surface area (Å²) in [5.74, 6) is -0.0560. The maximum Gasteiger partial charge on any atom is 0.235 e. The van der Waals surface area contributed by atoms with E-state index in [1.165, 1.54) is 11.3 Å². The molecule has 0 aliphatic carbocycles. The van der Waals surface area contributed by atoms with Gasteiger partial charge in [-0.25, -0.2) is 0 Å². The molecule has 0 spiro atoms. The van der Waals surface area contributed by atoms with E-state index in [0.29, 0.717) is 5.13 Å². The predicted molar refractivity (Wildman–Crippen MR) is 75.5 cm³/mol. The first-order valence-electron chi connectivity index (χ1n) is 4.69. The molecule has 0 radical (unpaired) electrons. The van der Waals surface area contributed by atoms with Gasteiger partial charge in [-0.05, 0) is 12.1 Å². The third kappa shape index (κ3) is 3.27. The molecule has 0 atom stereocenters. The molecule has 1 N–H and O–H groups in total. The summed E-state index contributed by atoms with van der Waals surface area (Å²) >= 11 is 8.57. The first-order valence-corrected chi connectivity index (χ1v) is 6.93. The number of rotatable bonds is 3. The molecule has 1 heterocycles. The fraction of sp³-hybridized carbons (Fsp3) is 0.100. The number of carbonyl (C=O) groups is 1. The quantitative estimate of drug-likeness (QED) is 0.851. The van der Waals surface area contributed by atoms with E-state index in [0.717, 1.165) is 15.0 Å². The summed E-state index contributed by atoms with van der Waals surface area (Å²) < 4.78 is 1.01. The Kier molecular flexibility index (Phi) is 4.14. The van der Waals surface area contributed by atoms with Gasteiger partial charge in [-0.2, -0.15) is 12.6 Å². The molecule has 0 fully saturated rings. The van der Waals surface area contributed by atoms with E-state index in [-0.39, 0.29) is 11.7 Å². The van der Waals surface area contributed by atoms with Gasteiger partial charge in [0, 0.05) is 10.0 Å². The van der Waals surface area contributed by atoms with Crippen molar-refractivity contribution < 1.29 is 4.79 Å². The maximum absolute atomic E-state index is 11.1. The van der Waals surface area contributed by atoms with Crippen molar-refractivity contribution in [3.05, 3.63) is 28.7 Å². The summed E-state index contributed by atoms with van der Waals surface area (Å²) in [5.41, 5.74) is 0.970. The number of hydrogen-bond acceptors (Lipinski definition) is 5. The average molecular weight is 330 g/mol. The summed E-state index contributed by atoms with van der Waals surface area (Å²) in [6.45, 7) is 0. The summed E-state index contributed by atoms with van der Waals surface area (Å²) in [4.78, 5) is 11.1. The summed E-state index contributed by atoms with van der Waals surface area (Å²) in [6, 6.07) is 7.75. The summed E-state index contributed by atoms with van der Waals surface area (Å²) in [7, 11) is 0. The smallest absolute Gasteiger partial charge is 0.235 e. The molecule has 0 saturated heterocycles. The van der Waals surface area contributed by atoms with Gasteiger partial charge >= 0.3 is 0 Å². The van der Waals surface area contributed by atoms with Crippen molar-refractivity contribution in [2.75, 3.05) is 11.1 Å². The van der Waals surface area contributed by atoms with Gasteiger partial charge in [0.25, 0.3) is 0 Å². The number of anilines is 1. The van der Waals surface area contributed by atoms with Crippen LogP contribution in [0.25, 0.3) is 10.6 Å². The molecule has 1 amide bonds. The Hall–Kier alpha value is -0.920. The van der Waals surface area contributed by atoms with Crippen LogP contribution in [0.15, 0.2) is 28.7 Å². The van der Waals surface area contributed by atoms with Crippen LogP contribution in [-0.2, 0) is 4.79 Å². The molecule has 0 bridgehead atoms. The minimum Gasteiger partial charge on any atom is -0.300 e. The van der Waals surface area contributed by atoms with Crippen molar-refractivity contribution in [3.8, 4) is 10.6 Å². The molecule has 2 rings (SSSR count). The highest BCUT2D eigenvalue weighted by atomic mass is 79.9. The molecule has 4 nitrogen and oxygen atoms in total. The lowest BCUT2D eigenvalue weighted by Gasteiger charge is -1.95. The molecule has 0 saturated carbocycles. The van der Waals surface area contributed by atoms with Gasteiger partial charge in [0.2, 0.25) is 11.0 Å². The van der Waals surface area contributed by atoms with Gasteiger partial charge in [-0.1, -0.05) is 39.4 Å². The monoisotopic (exact) mass is 329 g/mol. The van der Waals surface area contributed by atoms with Crippen LogP contribution in [0, 0.1) is 0 Å². The highest BCUT2D eigenvalue weighted by molar-refractivity contribution is 9.10. The molecule has 1 aromatic heterocycles. The van der Waals surface area contributed by atoms with Crippen LogP contribution in [0.4, 0.5) is 5.13 Å². The standard InChI is InChI=1S/C10H8BrN3OS2/c11-7-3-1-6(2-4-7)9-13-14-10(17-9)12-8(15)5-16/h1-4,16H,5H2,(H,12,14,15). The fourth-order valence-corrected chi connectivity index (χ4v) is 2.25. The number of thiol groups is 1. The molecule has 2 aromatic rings. The Balaban J connectivity index is 2.18. The van der Waals surface area contributed by atoms with Gasteiger partial charge in [0.05, 0.1) is 5.75 Å². The van der Waals surface area contributed by atoms with Crippen LogP contribution in [0.5, 0.6) is 0 Å². The Labute approximate surface area is 116 Å². The largest absolute Gasteiger partial charge is 0.300 e. The van der Waals surface area contributed by atoms with E-state index in [1.54, 1.807) is 0 Å². The van der Waals surface area contributed by atoms with Crippen LogP contribution in [-0.4, -0.2) is 21.9 Å².